The van der Waals surface area contributed by atoms with Crippen molar-refractivity contribution in [3.8, 4) is 0 Å². The Morgan fingerprint density at radius 1 is 1.04 bits per heavy atom. The lowest BCUT2D eigenvalue weighted by atomic mass is 9.84. The molecule has 0 spiro atoms. The third-order valence-electron chi connectivity index (χ3n) is 4.46. The quantitative estimate of drug-likeness (QED) is 0.733. The van der Waals surface area contributed by atoms with Crippen LogP contribution >= 0.6 is 23.2 Å². The summed E-state index contributed by atoms with van der Waals surface area (Å²) >= 11 is 12.2. The van der Waals surface area contributed by atoms with Gasteiger partial charge < -0.3 is 5.32 Å². The molecule has 1 aliphatic heterocycles. The van der Waals surface area contributed by atoms with Crippen molar-refractivity contribution in [3.05, 3.63) is 62.6 Å². The van der Waals surface area contributed by atoms with Crippen molar-refractivity contribution in [2.45, 2.75) is 45.8 Å². The highest BCUT2D eigenvalue weighted by molar-refractivity contribution is 6.42. The van der Waals surface area contributed by atoms with Crippen molar-refractivity contribution in [3.63, 3.8) is 0 Å². The molecule has 2 aromatic carbocycles. The molecule has 0 bridgehead atoms. The van der Waals surface area contributed by atoms with Gasteiger partial charge in [0.05, 0.1) is 10.0 Å². The fourth-order valence-electron chi connectivity index (χ4n) is 3.18. The normalized spacial score (nSPS) is 19.3. The van der Waals surface area contributed by atoms with E-state index in [-0.39, 0.29) is 11.7 Å². The van der Waals surface area contributed by atoms with Crippen LogP contribution in [0.4, 0.5) is 5.69 Å². The highest BCUT2D eigenvalue weighted by Gasteiger charge is 2.31. The Bertz CT molecular complexity index is 753. The SMILES string of the molecule is Cc1cc2c(cc1C)C(Nc1ccc(Cl)c(Cl)c1)NC(C)(C)C2. The number of hydrogen-bond acceptors (Lipinski definition) is 2. The van der Waals surface area contributed by atoms with E-state index in [1.54, 1.807) is 0 Å². The molecule has 1 atom stereocenters. The molecule has 1 heterocycles. The first-order valence-corrected chi connectivity index (χ1v) is 8.60. The second-order valence-electron chi connectivity index (χ2n) is 7.05. The molecule has 1 aliphatic rings. The van der Waals surface area contributed by atoms with Gasteiger partial charge in [0.25, 0.3) is 0 Å². The van der Waals surface area contributed by atoms with Crippen LogP contribution in [-0.4, -0.2) is 5.54 Å². The summed E-state index contributed by atoms with van der Waals surface area (Å²) in [5, 5.41) is 8.38. The first-order valence-electron chi connectivity index (χ1n) is 7.84. The summed E-state index contributed by atoms with van der Waals surface area (Å²) in [5.74, 6) is 0. The van der Waals surface area contributed by atoms with Crippen molar-refractivity contribution < 1.29 is 0 Å². The second kappa shape index (κ2) is 6.01. The van der Waals surface area contributed by atoms with Crippen molar-refractivity contribution in [1.29, 1.82) is 0 Å². The van der Waals surface area contributed by atoms with Crippen molar-refractivity contribution in [1.82, 2.24) is 5.32 Å². The molecule has 23 heavy (non-hydrogen) atoms. The average molecular weight is 349 g/mol. The molecule has 2 N–H and O–H groups in total. The monoisotopic (exact) mass is 348 g/mol. The van der Waals surface area contributed by atoms with Gasteiger partial charge in [0.2, 0.25) is 0 Å². The second-order valence-corrected chi connectivity index (χ2v) is 7.86. The Balaban J connectivity index is 1.98. The molecule has 0 saturated carbocycles. The van der Waals surface area contributed by atoms with E-state index >= 15 is 0 Å². The summed E-state index contributed by atoms with van der Waals surface area (Å²) in [5.41, 5.74) is 6.34. The van der Waals surface area contributed by atoms with Gasteiger partial charge in [-0.05, 0) is 74.6 Å². The Kier molecular flexibility index (Phi) is 4.35. The van der Waals surface area contributed by atoms with E-state index in [1.807, 2.05) is 18.2 Å². The third-order valence-corrected chi connectivity index (χ3v) is 5.20. The van der Waals surface area contributed by atoms with Crippen LogP contribution in [0.25, 0.3) is 0 Å². The smallest absolute Gasteiger partial charge is 0.104 e. The largest absolute Gasteiger partial charge is 0.366 e. The van der Waals surface area contributed by atoms with Gasteiger partial charge in [-0.25, -0.2) is 0 Å². The Labute approximate surface area is 148 Å². The minimum atomic E-state index is 0.0303. The average Bonchev–Trinajstić information content (AvgIpc) is 2.44. The lowest BCUT2D eigenvalue weighted by Gasteiger charge is -2.40. The number of rotatable bonds is 2. The fourth-order valence-corrected chi connectivity index (χ4v) is 3.48. The molecular weight excluding hydrogens is 327 g/mol. The molecular formula is C19H22Cl2N2. The molecule has 0 radical (unpaired) electrons. The van der Waals surface area contributed by atoms with Crippen LogP contribution in [0.5, 0.6) is 0 Å². The van der Waals surface area contributed by atoms with Crippen LogP contribution in [0.1, 0.15) is 42.3 Å². The van der Waals surface area contributed by atoms with Gasteiger partial charge in [0, 0.05) is 11.2 Å². The maximum Gasteiger partial charge on any atom is 0.104 e. The van der Waals surface area contributed by atoms with Gasteiger partial charge in [0.1, 0.15) is 6.17 Å². The van der Waals surface area contributed by atoms with Gasteiger partial charge in [-0.3, -0.25) is 5.32 Å². The third kappa shape index (κ3) is 3.50. The molecule has 2 aromatic rings. The number of nitrogens with one attached hydrogen (secondary N) is 2. The van der Waals surface area contributed by atoms with E-state index in [2.05, 4.69) is 50.5 Å². The number of benzene rings is 2. The Hall–Kier alpha value is -1.22. The molecule has 0 fully saturated rings. The molecule has 0 aromatic heterocycles. The number of anilines is 1. The number of aryl methyl sites for hydroxylation is 2. The Morgan fingerprint density at radius 3 is 2.43 bits per heavy atom. The molecule has 122 valence electrons. The molecule has 0 saturated heterocycles. The molecule has 3 rings (SSSR count). The molecule has 1 unspecified atom stereocenters. The molecule has 0 aliphatic carbocycles. The van der Waals surface area contributed by atoms with Crippen LogP contribution in [-0.2, 0) is 6.42 Å². The predicted molar refractivity (Wildman–Crippen MR) is 99.7 cm³/mol. The first-order chi connectivity index (χ1) is 10.7. The van der Waals surface area contributed by atoms with E-state index in [1.165, 1.54) is 22.3 Å². The van der Waals surface area contributed by atoms with Crippen molar-refractivity contribution >= 4 is 28.9 Å². The zero-order valence-electron chi connectivity index (χ0n) is 13.9. The molecule has 2 nitrogen and oxygen atoms in total. The van der Waals surface area contributed by atoms with Gasteiger partial charge in [-0.15, -0.1) is 0 Å². The minimum Gasteiger partial charge on any atom is -0.366 e. The van der Waals surface area contributed by atoms with Gasteiger partial charge in [0.15, 0.2) is 0 Å². The number of halogens is 2. The molecule has 0 amide bonds. The van der Waals surface area contributed by atoms with Crippen LogP contribution in [0.3, 0.4) is 0 Å². The standard InChI is InChI=1S/C19H22Cl2N2/c1-11-7-13-10-19(3,4)23-18(15(13)8-12(11)2)22-14-5-6-16(20)17(21)9-14/h5-9,18,22-23H,10H2,1-4H3. The topological polar surface area (TPSA) is 24.1 Å². The van der Waals surface area contributed by atoms with Crippen LogP contribution < -0.4 is 10.6 Å². The predicted octanol–water partition coefficient (Wildman–Crippen LogP) is 5.65. The summed E-state index contributed by atoms with van der Waals surface area (Å²) in [6.07, 6.45) is 1.06. The van der Waals surface area contributed by atoms with E-state index in [9.17, 15) is 0 Å². The fraction of sp³-hybridized carbons (Fsp3) is 0.368. The molecule has 4 heteroatoms. The first kappa shape index (κ1) is 16.6. The van der Waals surface area contributed by atoms with E-state index in [0.717, 1.165) is 12.1 Å². The number of fused-ring (bicyclic) bond motifs is 1. The number of hydrogen-bond donors (Lipinski definition) is 2. The maximum absolute atomic E-state index is 6.14. The summed E-state index contributed by atoms with van der Waals surface area (Å²) in [6.45, 7) is 8.79. The maximum atomic E-state index is 6.14. The van der Waals surface area contributed by atoms with Gasteiger partial charge >= 0.3 is 0 Å². The van der Waals surface area contributed by atoms with Crippen molar-refractivity contribution in [2.75, 3.05) is 5.32 Å². The Morgan fingerprint density at radius 2 is 1.74 bits per heavy atom. The van der Waals surface area contributed by atoms with Crippen LogP contribution in [0.15, 0.2) is 30.3 Å². The summed E-state index contributed by atoms with van der Waals surface area (Å²) in [7, 11) is 0. The zero-order valence-corrected chi connectivity index (χ0v) is 15.4. The summed E-state index contributed by atoms with van der Waals surface area (Å²) in [4.78, 5) is 0. The van der Waals surface area contributed by atoms with Gasteiger partial charge in [-0.1, -0.05) is 35.3 Å². The summed E-state index contributed by atoms with van der Waals surface area (Å²) in [6, 6.07) is 10.2. The van der Waals surface area contributed by atoms with E-state index in [0.29, 0.717) is 10.0 Å². The lowest BCUT2D eigenvalue weighted by molar-refractivity contribution is 0.326. The van der Waals surface area contributed by atoms with E-state index in [4.69, 9.17) is 23.2 Å². The summed E-state index contributed by atoms with van der Waals surface area (Å²) < 4.78 is 0. The van der Waals surface area contributed by atoms with Crippen LogP contribution in [0.2, 0.25) is 10.0 Å². The zero-order chi connectivity index (χ0) is 16.8. The van der Waals surface area contributed by atoms with Gasteiger partial charge in [-0.2, -0.15) is 0 Å². The van der Waals surface area contributed by atoms with E-state index < -0.39 is 0 Å². The highest BCUT2D eigenvalue weighted by Crippen LogP contribution is 2.34. The minimum absolute atomic E-state index is 0.0303. The van der Waals surface area contributed by atoms with Crippen LogP contribution in [0, 0.1) is 13.8 Å². The van der Waals surface area contributed by atoms with Crippen molar-refractivity contribution in [2.24, 2.45) is 0 Å². The highest BCUT2D eigenvalue weighted by atomic mass is 35.5. The lowest BCUT2D eigenvalue weighted by Crippen LogP contribution is -2.49.